The number of hydrogen-bond donors (Lipinski definition) is 1. The van der Waals surface area contributed by atoms with Crippen molar-refractivity contribution < 1.29 is 9.90 Å². The Morgan fingerprint density at radius 1 is 1.19 bits per heavy atom. The van der Waals surface area contributed by atoms with E-state index in [0.717, 1.165) is 13.0 Å². The molecule has 1 aliphatic rings. The first kappa shape index (κ1) is 17.8. The van der Waals surface area contributed by atoms with Gasteiger partial charge in [-0.2, -0.15) is 0 Å². The zero-order valence-electron chi connectivity index (χ0n) is 11.5. The van der Waals surface area contributed by atoms with Crippen molar-refractivity contribution in [1.82, 2.24) is 4.90 Å². The third-order valence-corrected chi connectivity index (χ3v) is 2.06. The Kier molecular flexibility index (Phi) is 16.1. The van der Waals surface area contributed by atoms with Gasteiger partial charge in [-0.05, 0) is 38.9 Å². The highest BCUT2D eigenvalue weighted by atomic mass is 16.4. The number of carboxylic acid groups (broad SMARTS) is 1. The van der Waals surface area contributed by atoms with E-state index < -0.39 is 5.97 Å². The van der Waals surface area contributed by atoms with Gasteiger partial charge in [0.1, 0.15) is 0 Å². The van der Waals surface area contributed by atoms with Crippen molar-refractivity contribution in [3.8, 4) is 0 Å². The quantitative estimate of drug-likeness (QED) is 0.806. The van der Waals surface area contributed by atoms with Crippen molar-refractivity contribution in [3.63, 3.8) is 0 Å². The van der Waals surface area contributed by atoms with E-state index >= 15 is 0 Å². The lowest BCUT2D eigenvalue weighted by Crippen LogP contribution is -2.20. The largest absolute Gasteiger partial charge is 0.481 e. The lowest BCUT2D eigenvalue weighted by atomic mass is 10.3. The molecule has 0 unspecified atom stereocenters. The predicted molar refractivity (Wildman–Crippen MR) is 69.9 cm³/mol. The van der Waals surface area contributed by atoms with Gasteiger partial charge >= 0.3 is 5.97 Å². The highest BCUT2D eigenvalue weighted by Crippen LogP contribution is 2.07. The van der Waals surface area contributed by atoms with Crippen LogP contribution >= 0.6 is 0 Å². The van der Waals surface area contributed by atoms with Gasteiger partial charge in [-0.1, -0.05) is 34.1 Å². The lowest BCUT2D eigenvalue weighted by molar-refractivity contribution is -0.137. The maximum absolute atomic E-state index is 10.2. The van der Waals surface area contributed by atoms with Crippen LogP contribution in [-0.4, -0.2) is 35.6 Å². The van der Waals surface area contributed by atoms with E-state index in [9.17, 15) is 4.79 Å². The van der Waals surface area contributed by atoms with Crippen molar-refractivity contribution in [2.75, 3.05) is 19.6 Å². The standard InChI is InChI=1S/C8H15NO2.C3H8.C2H6/c10-8(11)4-3-7-9-5-1-2-6-9;1-3-2;1-2/h1-7H2,(H,10,11);3H2,1-2H3;1-2H3. The molecule has 1 heterocycles. The smallest absolute Gasteiger partial charge is 0.303 e. The monoisotopic (exact) mass is 231 g/mol. The molecule has 3 heteroatoms. The van der Waals surface area contributed by atoms with Crippen LogP contribution in [0.1, 0.15) is 59.8 Å². The van der Waals surface area contributed by atoms with Crippen LogP contribution < -0.4 is 0 Å². The molecular weight excluding hydrogens is 202 g/mol. The second kappa shape index (κ2) is 14.4. The van der Waals surface area contributed by atoms with Gasteiger partial charge in [-0.25, -0.2) is 0 Å². The van der Waals surface area contributed by atoms with Crippen LogP contribution in [0.2, 0.25) is 0 Å². The lowest BCUT2D eigenvalue weighted by Gasteiger charge is -2.12. The van der Waals surface area contributed by atoms with Crippen LogP contribution in [0.5, 0.6) is 0 Å². The van der Waals surface area contributed by atoms with Gasteiger partial charge in [0.2, 0.25) is 0 Å². The zero-order valence-corrected chi connectivity index (χ0v) is 11.5. The minimum Gasteiger partial charge on any atom is -0.481 e. The topological polar surface area (TPSA) is 40.5 Å². The zero-order chi connectivity index (χ0) is 12.8. The third-order valence-electron chi connectivity index (χ3n) is 2.06. The Morgan fingerprint density at radius 3 is 2.00 bits per heavy atom. The average Bonchev–Trinajstić information content (AvgIpc) is 2.74. The summed E-state index contributed by atoms with van der Waals surface area (Å²) in [5.41, 5.74) is 0. The summed E-state index contributed by atoms with van der Waals surface area (Å²) in [6, 6.07) is 0. The molecule has 0 radical (unpaired) electrons. The van der Waals surface area contributed by atoms with Gasteiger partial charge in [-0.15, -0.1) is 0 Å². The molecule has 98 valence electrons. The first-order valence-electron chi connectivity index (χ1n) is 6.64. The number of carbonyl (C=O) groups is 1. The molecule has 3 nitrogen and oxygen atoms in total. The maximum Gasteiger partial charge on any atom is 0.303 e. The van der Waals surface area contributed by atoms with E-state index in [4.69, 9.17) is 5.11 Å². The highest BCUT2D eigenvalue weighted by molar-refractivity contribution is 5.66. The Balaban J connectivity index is 0. The highest BCUT2D eigenvalue weighted by Gasteiger charge is 2.10. The molecule has 0 amide bonds. The molecule has 0 aromatic heterocycles. The molecule has 0 aliphatic carbocycles. The number of aliphatic carboxylic acids is 1. The molecule has 16 heavy (non-hydrogen) atoms. The van der Waals surface area contributed by atoms with E-state index in [-0.39, 0.29) is 0 Å². The molecule has 1 saturated heterocycles. The molecule has 1 rings (SSSR count). The van der Waals surface area contributed by atoms with Crippen molar-refractivity contribution in [1.29, 1.82) is 0 Å². The Hall–Kier alpha value is -0.570. The van der Waals surface area contributed by atoms with Crippen molar-refractivity contribution in [2.24, 2.45) is 0 Å². The fourth-order valence-electron chi connectivity index (χ4n) is 1.46. The minimum atomic E-state index is -0.677. The van der Waals surface area contributed by atoms with Gasteiger partial charge in [0, 0.05) is 6.42 Å². The van der Waals surface area contributed by atoms with E-state index in [1.165, 1.54) is 32.4 Å². The van der Waals surface area contributed by atoms with Crippen molar-refractivity contribution in [2.45, 2.75) is 59.8 Å². The van der Waals surface area contributed by atoms with Crippen LogP contribution in [0.4, 0.5) is 0 Å². The Bertz CT molecular complexity index is 143. The molecule has 0 spiro atoms. The number of hydrogen-bond acceptors (Lipinski definition) is 2. The molecule has 1 aliphatic heterocycles. The van der Waals surface area contributed by atoms with E-state index in [2.05, 4.69) is 18.7 Å². The van der Waals surface area contributed by atoms with Crippen LogP contribution in [0.25, 0.3) is 0 Å². The summed E-state index contributed by atoms with van der Waals surface area (Å²) in [4.78, 5) is 12.5. The second-order valence-electron chi connectivity index (χ2n) is 3.75. The molecular formula is C13H29NO2. The fourth-order valence-corrected chi connectivity index (χ4v) is 1.46. The van der Waals surface area contributed by atoms with E-state index in [1.807, 2.05) is 13.8 Å². The average molecular weight is 231 g/mol. The molecule has 0 aromatic carbocycles. The summed E-state index contributed by atoms with van der Waals surface area (Å²) < 4.78 is 0. The predicted octanol–water partition coefficient (Wildman–Crippen LogP) is 3.39. The SMILES string of the molecule is CC.CCC.O=C(O)CCCN1CCCC1. The van der Waals surface area contributed by atoms with Crippen LogP contribution in [0.15, 0.2) is 0 Å². The van der Waals surface area contributed by atoms with Crippen LogP contribution in [0, 0.1) is 0 Å². The maximum atomic E-state index is 10.2. The minimum absolute atomic E-state index is 0.316. The van der Waals surface area contributed by atoms with Gasteiger partial charge in [-0.3, -0.25) is 4.79 Å². The van der Waals surface area contributed by atoms with Gasteiger partial charge in [0.05, 0.1) is 0 Å². The van der Waals surface area contributed by atoms with Crippen molar-refractivity contribution >= 4 is 5.97 Å². The summed E-state index contributed by atoms with van der Waals surface area (Å²) in [6.07, 6.45) is 4.94. The van der Waals surface area contributed by atoms with Gasteiger partial charge in [0.25, 0.3) is 0 Å². The normalized spacial score (nSPS) is 14.5. The summed E-state index contributed by atoms with van der Waals surface area (Å²) in [5.74, 6) is -0.677. The summed E-state index contributed by atoms with van der Waals surface area (Å²) in [6.45, 7) is 11.5. The first-order valence-corrected chi connectivity index (χ1v) is 6.64. The summed E-state index contributed by atoms with van der Waals surface area (Å²) in [5, 5.41) is 8.37. The van der Waals surface area contributed by atoms with Gasteiger partial charge < -0.3 is 10.0 Å². The Morgan fingerprint density at radius 2 is 1.62 bits per heavy atom. The molecule has 1 fully saturated rings. The number of carboxylic acids is 1. The molecule has 0 aromatic rings. The van der Waals surface area contributed by atoms with E-state index in [1.54, 1.807) is 0 Å². The summed E-state index contributed by atoms with van der Waals surface area (Å²) >= 11 is 0. The number of nitrogens with zero attached hydrogens (tertiary/aromatic N) is 1. The van der Waals surface area contributed by atoms with Crippen LogP contribution in [-0.2, 0) is 4.79 Å². The first-order chi connectivity index (χ1) is 7.70. The molecule has 1 N–H and O–H groups in total. The molecule has 0 saturated carbocycles. The Labute approximate surface area is 101 Å². The molecule has 0 atom stereocenters. The van der Waals surface area contributed by atoms with E-state index in [0.29, 0.717) is 6.42 Å². The number of rotatable bonds is 4. The second-order valence-corrected chi connectivity index (χ2v) is 3.75. The summed E-state index contributed by atoms with van der Waals surface area (Å²) in [7, 11) is 0. The van der Waals surface area contributed by atoms with Crippen molar-refractivity contribution in [3.05, 3.63) is 0 Å². The third kappa shape index (κ3) is 13.4. The molecule has 0 bridgehead atoms. The van der Waals surface area contributed by atoms with Crippen LogP contribution in [0.3, 0.4) is 0 Å². The van der Waals surface area contributed by atoms with Gasteiger partial charge in [0.15, 0.2) is 0 Å². The number of likely N-dealkylation sites (tertiary alicyclic amines) is 1. The fraction of sp³-hybridized carbons (Fsp3) is 0.923.